The van der Waals surface area contributed by atoms with Crippen molar-refractivity contribution in [2.24, 2.45) is 5.73 Å². The second-order valence-corrected chi connectivity index (χ2v) is 6.31. The molecule has 2 nitrogen and oxygen atoms in total. The number of halogens is 2. The van der Waals surface area contributed by atoms with Gasteiger partial charge in [-0.2, -0.15) is 0 Å². The van der Waals surface area contributed by atoms with Crippen LogP contribution in [0.15, 0.2) is 46.9 Å². The summed E-state index contributed by atoms with van der Waals surface area (Å²) in [5.74, 6) is 0.862. The molecule has 0 amide bonds. The summed E-state index contributed by atoms with van der Waals surface area (Å²) < 4.78 is 6.94. The van der Waals surface area contributed by atoms with E-state index in [1.807, 2.05) is 36.4 Å². The summed E-state index contributed by atoms with van der Waals surface area (Å²) in [7, 11) is 0. The van der Waals surface area contributed by atoms with Gasteiger partial charge in [0.25, 0.3) is 0 Å². The van der Waals surface area contributed by atoms with Crippen LogP contribution < -0.4 is 10.5 Å². The molecule has 2 aromatic carbocycles. The van der Waals surface area contributed by atoms with Crippen molar-refractivity contribution in [1.29, 1.82) is 0 Å². The first kappa shape index (κ1) is 16.3. The van der Waals surface area contributed by atoms with Crippen molar-refractivity contribution < 1.29 is 4.74 Å². The van der Waals surface area contributed by atoms with Crippen LogP contribution in [0.1, 0.15) is 24.5 Å². The van der Waals surface area contributed by atoms with Crippen LogP contribution in [0.5, 0.6) is 5.75 Å². The zero-order valence-corrected chi connectivity index (χ0v) is 14.3. The third kappa shape index (κ3) is 4.73. The van der Waals surface area contributed by atoms with Crippen LogP contribution in [0.4, 0.5) is 0 Å². The third-order valence-corrected chi connectivity index (χ3v) is 4.19. The van der Waals surface area contributed by atoms with E-state index in [4.69, 9.17) is 22.1 Å². The van der Waals surface area contributed by atoms with E-state index >= 15 is 0 Å². The molecule has 0 aliphatic rings. The number of hydrogen-bond acceptors (Lipinski definition) is 2. The summed E-state index contributed by atoms with van der Waals surface area (Å²) in [6, 6.07) is 13.9. The van der Waals surface area contributed by atoms with E-state index in [0.29, 0.717) is 6.61 Å². The fourth-order valence-corrected chi connectivity index (χ4v) is 2.82. The lowest BCUT2D eigenvalue weighted by molar-refractivity contribution is 0.300. The van der Waals surface area contributed by atoms with Crippen molar-refractivity contribution in [3.63, 3.8) is 0 Å². The van der Waals surface area contributed by atoms with Gasteiger partial charge < -0.3 is 10.5 Å². The Morgan fingerprint density at radius 1 is 1.24 bits per heavy atom. The molecule has 1 atom stereocenters. The van der Waals surface area contributed by atoms with E-state index < -0.39 is 0 Å². The van der Waals surface area contributed by atoms with Crippen molar-refractivity contribution in [3.05, 3.63) is 63.1 Å². The van der Waals surface area contributed by atoms with Gasteiger partial charge in [0.1, 0.15) is 12.4 Å². The maximum absolute atomic E-state index is 6.06. The Morgan fingerprint density at radius 3 is 2.71 bits per heavy atom. The highest BCUT2D eigenvalue weighted by Crippen LogP contribution is 2.31. The van der Waals surface area contributed by atoms with E-state index in [0.717, 1.165) is 39.2 Å². The Bertz CT molecular complexity index is 603. The van der Waals surface area contributed by atoms with Crippen molar-refractivity contribution in [2.75, 3.05) is 0 Å². The van der Waals surface area contributed by atoms with Crippen molar-refractivity contribution in [1.82, 2.24) is 0 Å². The van der Waals surface area contributed by atoms with Crippen molar-refractivity contribution in [2.45, 2.75) is 32.4 Å². The van der Waals surface area contributed by atoms with Gasteiger partial charge >= 0.3 is 0 Å². The molecule has 0 heterocycles. The van der Waals surface area contributed by atoms with E-state index in [2.05, 4.69) is 28.9 Å². The SMILES string of the molecule is CCC(N)Cc1cccc(Br)c1OCc1cccc(Cl)c1. The van der Waals surface area contributed by atoms with Gasteiger partial charge in [0.15, 0.2) is 0 Å². The van der Waals surface area contributed by atoms with Gasteiger partial charge in [0.05, 0.1) is 4.47 Å². The number of benzene rings is 2. The molecular weight excluding hydrogens is 350 g/mol. The van der Waals surface area contributed by atoms with E-state index in [1.54, 1.807) is 0 Å². The average molecular weight is 369 g/mol. The van der Waals surface area contributed by atoms with Gasteiger partial charge in [-0.15, -0.1) is 0 Å². The molecule has 21 heavy (non-hydrogen) atoms. The van der Waals surface area contributed by atoms with Crippen LogP contribution >= 0.6 is 27.5 Å². The second kappa shape index (κ2) is 7.83. The molecule has 0 fully saturated rings. The van der Waals surface area contributed by atoms with E-state index in [9.17, 15) is 0 Å². The molecule has 0 spiro atoms. The first-order chi connectivity index (χ1) is 10.1. The number of rotatable bonds is 6. The molecule has 0 aliphatic carbocycles. The van der Waals surface area contributed by atoms with Gasteiger partial charge in [-0.25, -0.2) is 0 Å². The minimum absolute atomic E-state index is 0.146. The van der Waals surface area contributed by atoms with Crippen molar-refractivity contribution >= 4 is 27.5 Å². The Balaban J connectivity index is 2.15. The van der Waals surface area contributed by atoms with Crippen LogP contribution in [0.3, 0.4) is 0 Å². The van der Waals surface area contributed by atoms with Crippen LogP contribution in [0, 0.1) is 0 Å². The highest BCUT2D eigenvalue weighted by atomic mass is 79.9. The first-order valence-corrected chi connectivity index (χ1v) is 8.17. The Hall–Kier alpha value is -1.03. The predicted molar refractivity (Wildman–Crippen MR) is 91.9 cm³/mol. The summed E-state index contributed by atoms with van der Waals surface area (Å²) in [5, 5.41) is 0.719. The second-order valence-electron chi connectivity index (χ2n) is 5.02. The molecule has 0 radical (unpaired) electrons. The van der Waals surface area contributed by atoms with E-state index in [-0.39, 0.29) is 6.04 Å². The monoisotopic (exact) mass is 367 g/mol. The zero-order valence-electron chi connectivity index (χ0n) is 12.0. The number of para-hydroxylation sites is 1. The van der Waals surface area contributed by atoms with Crippen LogP contribution in [-0.4, -0.2) is 6.04 Å². The largest absolute Gasteiger partial charge is 0.487 e. The number of ether oxygens (including phenoxy) is 1. The lowest BCUT2D eigenvalue weighted by atomic mass is 10.0. The number of nitrogens with two attached hydrogens (primary N) is 1. The predicted octanol–water partition coefficient (Wildman–Crippen LogP) is 4.96. The topological polar surface area (TPSA) is 35.2 Å². The molecular formula is C17H19BrClNO. The summed E-state index contributed by atoms with van der Waals surface area (Å²) >= 11 is 9.55. The third-order valence-electron chi connectivity index (χ3n) is 3.33. The molecule has 112 valence electrons. The molecule has 4 heteroatoms. The summed E-state index contributed by atoms with van der Waals surface area (Å²) in [6.45, 7) is 2.58. The summed E-state index contributed by atoms with van der Waals surface area (Å²) in [6.07, 6.45) is 1.75. The molecule has 0 aromatic heterocycles. The van der Waals surface area contributed by atoms with Crippen LogP contribution in [0.25, 0.3) is 0 Å². The maximum Gasteiger partial charge on any atom is 0.137 e. The van der Waals surface area contributed by atoms with E-state index in [1.165, 1.54) is 0 Å². The molecule has 0 bridgehead atoms. The normalized spacial score (nSPS) is 12.2. The summed E-state index contributed by atoms with van der Waals surface area (Å²) in [4.78, 5) is 0. The zero-order chi connectivity index (χ0) is 15.2. The Kier molecular flexibility index (Phi) is 6.09. The van der Waals surface area contributed by atoms with Gasteiger partial charge in [0, 0.05) is 11.1 Å². The summed E-state index contributed by atoms with van der Waals surface area (Å²) in [5.41, 5.74) is 8.23. The number of hydrogen-bond donors (Lipinski definition) is 1. The molecule has 2 aromatic rings. The van der Waals surface area contributed by atoms with Gasteiger partial charge in [-0.05, 0) is 58.1 Å². The first-order valence-electron chi connectivity index (χ1n) is 7.00. The smallest absolute Gasteiger partial charge is 0.137 e. The average Bonchev–Trinajstić information content (AvgIpc) is 2.46. The standard InChI is InChI=1S/C17H19BrClNO/c1-2-15(20)10-13-6-4-8-16(18)17(13)21-11-12-5-3-7-14(19)9-12/h3-9,15H,2,10-11,20H2,1H3. The quantitative estimate of drug-likeness (QED) is 0.782. The fourth-order valence-electron chi connectivity index (χ4n) is 2.08. The van der Waals surface area contributed by atoms with Crippen LogP contribution in [0.2, 0.25) is 5.02 Å². The highest BCUT2D eigenvalue weighted by molar-refractivity contribution is 9.10. The lowest BCUT2D eigenvalue weighted by Gasteiger charge is -2.16. The molecule has 2 rings (SSSR count). The van der Waals surface area contributed by atoms with Crippen molar-refractivity contribution in [3.8, 4) is 5.75 Å². The fraction of sp³-hybridized carbons (Fsp3) is 0.294. The molecule has 0 saturated heterocycles. The molecule has 0 aliphatic heterocycles. The molecule has 0 saturated carbocycles. The minimum Gasteiger partial charge on any atom is -0.487 e. The Morgan fingerprint density at radius 2 is 2.00 bits per heavy atom. The van der Waals surface area contributed by atoms with Gasteiger partial charge in [0.2, 0.25) is 0 Å². The Labute approximate surface area is 139 Å². The van der Waals surface area contributed by atoms with Gasteiger partial charge in [-0.1, -0.05) is 42.8 Å². The minimum atomic E-state index is 0.146. The molecule has 2 N–H and O–H groups in total. The highest BCUT2D eigenvalue weighted by Gasteiger charge is 2.11. The van der Waals surface area contributed by atoms with Gasteiger partial charge in [-0.3, -0.25) is 0 Å². The lowest BCUT2D eigenvalue weighted by Crippen LogP contribution is -2.21. The maximum atomic E-state index is 6.06. The molecule has 1 unspecified atom stereocenters. The van der Waals surface area contributed by atoms with Crippen LogP contribution in [-0.2, 0) is 13.0 Å².